The summed E-state index contributed by atoms with van der Waals surface area (Å²) < 4.78 is 0. The van der Waals surface area contributed by atoms with Crippen LogP contribution in [0.3, 0.4) is 0 Å². The molecule has 0 radical (unpaired) electrons. The molecule has 13 heavy (non-hydrogen) atoms. The Morgan fingerprint density at radius 2 is 2.08 bits per heavy atom. The molecule has 0 amide bonds. The van der Waals surface area contributed by atoms with Crippen LogP contribution in [-0.4, -0.2) is 35.2 Å². The van der Waals surface area contributed by atoms with Crippen LogP contribution in [0.25, 0.3) is 0 Å². The Morgan fingerprint density at radius 1 is 1.38 bits per heavy atom. The van der Waals surface area contributed by atoms with Crippen LogP contribution in [0.1, 0.15) is 40.0 Å². The van der Waals surface area contributed by atoms with Crippen molar-refractivity contribution >= 4 is 0 Å². The number of β-amino-alcohol motifs (C(OH)–C–C–N with tert-alkyl or cyclic N) is 1. The Labute approximate surface area is 81.9 Å². The number of hydrogen-bond acceptors (Lipinski definition) is 2. The average molecular weight is 185 g/mol. The highest BCUT2D eigenvalue weighted by molar-refractivity contribution is 4.78. The molecule has 0 spiro atoms. The standard InChI is InChI=1S/C11H23NO/c1-4-11(13)8-12-7-9(2)5-6-10(12)3/h9-11,13H,4-8H2,1-3H3. The van der Waals surface area contributed by atoms with Gasteiger partial charge in [0.15, 0.2) is 0 Å². The molecule has 78 valence electrons. The van der Waals surface area contributed by atoms with E-state index in [0.717, 1.165) is 25.4 Å². The van der Waals surface area contributed by atoms with Crippen molar-refractivity contribution in [3.8, 4) is 0 Å². The van der Waals surface area contributed by atoms with E-state index in [1.54, 1.807) is 0 Å². The molecule has 0 aromatic rings. The molecule has 3 atom stereocenters. The molecule has 2 heteroatoms. The Kier molecular flexibility index (Phi) is 4.20. The van der Waals surface area contributed by atoms with E-state index in [1.165, 1.54) is 12.8 Å². The lowest BCUT2D eigenvalue weighted by molar-refractivity contribution is 0.0556. The monoisotopic (exact) mass is 185 g/mol. The zero-order valence-electron chi connectivity index (χ0n) is 9.16. The molecule has 1 saturated heterocycles. The molecule has 0 saturated carbocycles. The molecule has 1 aliphatic rings. The van der Waals surface area contributed by atoms with Crippen LogP contribution in [0, 0.1) is 5.92 Å². The minimum atomic E-state index is -0.132. The van der Waals surface area contributed by atoms with Crippen molar-refractivity contribution in [2.45, 2.75) is 52.2 Å². The first-order valence-corrected chi connectivity index (χ1v) is 5.55. The number of piperidine rings is 1. The number of hydrogen-bond donors (Lipinski definition) is 1. The molecule has 0 bridgehead atoms. The Bertz CT molecular complexity index is 149. The molecule has 2 nitrogen and oxygen atoms in total. The third kappa shape index (κ3) is 3.28. The van der Waals surface area contributed by atoms with Gasteiger partial charge in [-0.3, -0.25) is 4.90 Å². The van der Waals surface area contributed by atoms with Gasteiger partial charge in [0.25, 0.3) is 0 Å². The first kappa shape index (κ1) is 11.0. The molecule has 0 aliphatic carbocycles. The summed E-state index contributed by atoms with van der Waals surface area (Å²) in [5.74, 6) is 0.806. The van der Waals surface area contributed by atoms with E-state index in [-0.39, 0.29) is 6.10 Å². The van der Waals surface area contributed by atoms with Gasteiger partial charge in [-0.2, -0.15) is 0 Å². The van der Waals surface area contributed by atoms with Crippen molar-refractivity contribution in [2.75, 3.05) is 13.1 Å². The zero-order chi connectivity index (χ0) is 9.84. The molecule has 1 N–H and O–H groups in total. The van der Waals surface area contributed by atoms with Gasteiger partial charge in [-0.25, -0.2) is 0 Å². The maximum absolute atomic E-state index is 9.57. The summed E-state index contributed by atoms with van der Waals surface area (Å²) in [6.45, 7) is 8.65. The summed E-state index contributed by atoms with van der Waals surface area (Å²) in [5.41, 5.74) is 0. The van der Waals surface area contributed by atoms with E-state index in [0.29, 0.717) is 6.04 Å². The molecule has 0 aromatic heterocycles. The summed E-state index contributed by atoms with van der Waals surface area (Å²) >= 11 is 0. The third-order valence-corrected chi connectivity index (χ3v) is 3.16. The van der Waals surface area contributed by atoms with Crippen LogP contribution >= 0.6 is 0 Å². The van der Waals surface area contributed by atoms with Crippen LogP contribution in [0.5, 0.6) is 0 Å². The fourth-order valence-corrected chi connectivity index (χ4v) is 2.03. The summed E-state index contributed by atoms with van der Waals surface area (Å²) in [4.78, 5) is 2.43. The van der Waals surface area contributed by atoms with E-state index in [1.807, 2.05) is 6.92 Å². The highest BCUT2D eigenvalue weighted by atomic mass is 16.3. The quantitative estimate of drug-likeness (QED) is 0.725. The summed E-state index contributed by atoms with van der Waals surface area (Å²) in [5, 5.41) is 9.57. The molecular weight excluding hydrogens is 162 g/mol. The molecule has 1 aliphatic heterocycles. The predicted octanol–water partition coefficient (Wildman–Crippen LogP) is 1.88. The minimum Gasteiger partial charge on any atom is -0.392 e. The minimum absolute atomic E-state index is 0.132. The number of aliphatic hydroxyl groups is 1. The number of likely N-dealkylation sites (tertiary alicyclic amines) is 1. The zero-order valence-corrected chi connectivity index (χ0v) is 9.16. The second-order valence-electron chi connectivity index (χ2n) is 4.55. The SMILES string of the molecule is CCC(O)CN1CC(C)CCC1C. The Hall–Kier alpha value is -0.0800. The first-order chi connectivity index (χ1) is 6.13. The topological polar surface area (TPSA) is 23.5 Å². The maximum Gasteiger partial charge on any atom is 0.0664 e. The van der Waals surface area contributed by atoms with Crippen molar-refractivity contribution in [3.05, 3.63) is 0 Å². The predicted molar refractivity (Wildman–Crippen MR) is 55.7 cm³/mol. The van der Waals surface area contributed by atoms with Gasteiger partial charge >= 0.3 is 0 Å². The lowest BCUT2D eigenvalue weighted by atomic mass is 9.94. The highest BCUT2D eigenvalue weighted by Crippen LogP contribution is 2.21. The van der Waals surface area contributed by atoms with Crippen molar-refractivity contribution in [1.29, 1.82) is 0 Å². The van der Waals surface area contributed by atoms with Gasteiger partial charge in [-0.05, 0) is 32.1 Å². The van der Waals surface area contributed by atoms with Gasteiger partial charge in [-0.15, -0.1) is 0 Å². The molecule has 0 aromatic carbocycles. The van der Waals surface area contributed by atoms with Gasteiger partial charge < -0.3 is 5.11 Å². The second kappa shape index (κ2) is 4.97. The molecular formula is C11H23NO. The van der Waals surface area contributed by atoms with Crippen LogP contribution < -0.4 is 0 Å². The fourth-order valence-electron chi connectivity index (χ4n) is 2.03. The van der Waals surface area contributed by atoms with Crippen molar-refractivity contribution in [3.63, 3.8) is 0 Å². The average Bonchev–Trinajstić information content (AvgIpc) is 2.11. The van der Waals surface area contributed by atoms with Gasteiger partial charge in [0.1, 0.15) is 0 Å². The third-order valence-electron chi connectivity index (χ3n) is 3.16. The van der Waals surface area contributed by atoms with E-state index in [9.17, 15) is 5.11 Å². The second-order valence-corrected chi connectivity index (χ2v) is 4.55. The van der Waals surface area contributed by atoms with Gasteiger partial charge in [0, 0.05) is 19.1 Å². The molecule has 3 unspecified atom stereocenters. The number of aliphatic hydroxyl groups excluding tert-OH is 1. The van der Waals surface area contributed by atoms with Gasteiger partial charge in [-0.1, -0.05) is 13.8 Å². The normalized spacial score (nSPS) is 33.2. The van der Waals surface area contributed by atoms with Crippen LogP contribution in [0.2, 0.25) is 0 Å². The van der Waals surface area contributed by atoms with Crippen LogP contribution in [-0.2, 0) is 0 Å². The first-order valence-electron chi connectivity index (χ1n) is 5.55. The number of nitrogens with zero attached hydrogens (tertiary/aromatic N) is 1. The van der Waals surface area contributed by atoms with Crippen molar-refractivity contribution in [1.82, 2.24) is 4.90 Å². The van der Waals surface area contributed by atoms with E-state index < -0.39 is 0 Å². The molecule has 1 heterocycles. The van der Waals surface area contributed by atoms with E-state index in [2.05, 4.69) is 18.7 Å². The van der Waals surface area contributed by atoms with Crippen molar-refractivity contribution in [2.24, 2.45) is 5.92 Å². The smallest absolute Gasteiger partial charge is 0.0664 e. The van der Waals surface area contributed by atoms with Crippen LogP contribution in [0.4, 0.5) is 0 Å². The molecule has 1 rings (SSSR count). The van der Waals surface area contributed by atoms with E-state index >= 15 is 0 Å². The summed E-state index contributed by atoms with van der Waals surface area (Å²) in [6, 6.07) is 0.664. The summed E-state index contributed by atoms with van der Waals surface area (Å²) in [6.07, 6.45) is 3.38. The number of rotatable bonds is 3. The van der Waals surface area contributed by atoms with Gasteiger partial charge in [0.05, 0.1) is 6.10 Å². The van der Waals surface area contributed by atoms with E-state index in [4.69, 9.17) is 0 Å². The lowest BCUT2D eigenvalue weighted by Gasteiger charge is -2.37. The largest absolute Gasteiger partial charge is 0.392 e. The summed E-state index contributed by atoms with van der Waals surface area (Å²) in [7, 11) is 0. The fraction of sp³-hybridized carbons (Fsp3) is 1.00. The maximum atomic E-state index is 9.57. The Morgan fingerprint density at radius 3 is 2.69 bits per heavy atom. The van der Waals surface area contributed by atoms with Crippen LogP contribution in [0.15, 0.2) is 0 Å². The lowest BCUT2D eigenvalue weighted by Crippen LogP contribution is -2.44. The highest BCUT2D eigenvalue weighted by Gasteiger charge is 2.23. The van der Waals surface area contributed by atoms with Gasteiger partial charge in [0.2, 0.25) is 0 Å². The Balaban J connectivity index is 2.37. The van der Waals surface area contributed by atoms with Crippen molar-refractivity contribution < 1.29 is 5.11 Å². The molecule has 1 fully saturated rings.